The fourth-order valence-electron chi connectivity index (χ4n) is 10.4. The van der Waals surface area contributed by atoms with Crippen molar-refractivity contribution >= 4 is 13.6 Å². The molecule has 4 aliphatic carbocycles. The van der Waals surface area contributed by atoms with E-state index in [-0.39, 0.29) is 30.7 Å². The lowest BCUT2D eigenvalue weighted by atomic mass is 9.47. The Balaban J connectivity index is 1.07. The van der Waals surface area contributed by atoms with Crippen molar-refractivity contribution < 1.29 is 37.7 Å². The SMILES string of the molecule is CC(C)CCC[C@@H](C)C1CCC2C3CC=C4C[C@@H](OC(=O)CCCCOCCOCCOCCOP(=O)([O-])C(C)C)CC[C@]4(C)C3CC[C@@]21C. The number of hydrogen-bond donors (Lipinski definition) is 0. The second-order valence-corrected chi connectivity index (χ2v) is 19.8. The van der Waals surface area contributed by atoms with E-state index < -0.39 is 13.3 Å². The zero-order valence-electron chi connectivity index (χ0n) is 32.8. The van der Waals surface area contributed by atoms with Crippen LogP contribution in [0.25, 0.3) is 0 Å². The Morgan fingerprint density at radius 2 is 1.52 bits per heavy atom. The molecule has 9 heteroatoms. The van der Waals surface area contributed by atoms with Crippen LogP contribution in [0.4, 0.5) is 0 Å². The van der Waals surface area contributed by atoms with Crippen LogP contribution >= 0.6 is 7.60 Å². The number of hydrogen-bond acceptors (Lipinski definition) is 8. The molecule has 0 aromatic rings. The third kappa shape index (κ3) is 11.1. The van der Waals surface area contributed by atoms with Crippen LogP contribution in [0.1, 0.15) is 138 Å². The van der Waals surface area contributed by atoms with E-state index in [0.717, 1.165) is 67.6 Å². The quantitative estimate of drug-likeness (QED) is 0.0472. The summed E-state index contributed by atoms with van der Waals surface area (Å²) in [4.78, 5) is 24.4. The second-order valence-electron chi connectivity index (χ2n) is 17.4. The normalized spacial score (nSPS) is 32.6. The van der Waals surface area contributed by atoms with Crippen LogP contribution in [0.15, 0.2) is 11.6 Å². The molecule has 8 nitrogen and oxygen atoms in total. The van der Waals surface area contributed by atoms with E-state index >= 15 is 0 Å². The lowest BCUT2D eigenvalue weighted by Gasteiger charge is -2.58. The van der Waals surface area contributed by atoms with Crippen molar-refractivity contribution in [1.29, 1.82) is 0 Å². The fourth-order valence-corrected chi connectivity index (χ4v) is 11.0. The van der Waals surface area contributed by atoms with Gasteiger partial charge in [-0.2, -0.15) is 0 Å². The van der Waals surface area contributed by atoms with Gasteiger partial charge < -0.3 is 32.9 Å². The van der Waals surface area contributed by atoms with Crippen molar-refractivity contribution in [2.24, 2.45) is 46.3 Å². The highest BCUT2D eigenvalue weighted by atomic mass is 31.2. The van der Waals surface area contributed by atoms with Gasteiger partial charge >= 0.3 is 5.97 Å². The molecule has 0 bridgehead atoms. The van der Waals surface area contributed by atoms with Gasteiger partial charge in [0, 0.05) is 25.1 Å². The molecular weight excluding hydrogens is 651 g/mol. The lowest BCUT2D eigenvalue weighted by Crippen LogP contribution is -2.51. The van der Waals surface area contributed by atoms with E-state index in [9.17, 15) is 14.3 Å². The molecule has 50 heavy (non-hydrogen) atoms. The van der Waals surface area contributed by atoms with Crippen LogP contribution in [0, 0.1) is 46.3 Å². The summed E-state index contributed by atoms with van der Waals surface area (Å²) in [6.07, 6.45) is 18.7. The summed E-state index contributed by atoms with van der Waals surface area (Å²) in [7, 11) is -3.79. The maximum Gasteiger partial charge on any atom is 0.306 e. The van der Waals surface area contributed by atoms with E-state index in [2.05, 4.69) is 40.7 Å². The number of ether oxygens (including phenoxy) is 4. The zero-order valence-corrected chi connectivity index (χ0v) is 33.7. The first-order valence-electron chi connectivity index (χ1n) is 20.4. The highest BCUT2D eigenvalue weighted by Crippen LogP contribution is 2.67. The Kier molecular flexibility index (Phi) is 16.4. The predicted octanol–water partition coefficient (Wildman–Crippen LogP) is 9.14. The standard InChI is InChI=1S/C41H73O8P/c1-30(2)11-10-12-32(5)36-16-17-37-35-15-14-33-29-34(18-20-40(33,6)38(35)19-21-41(36,37)7)49-39(42)13-8-9-22-45-23-24-46-25-26-47-27-28-48-50(43,44)31(3)4/h14,30-32,34-38H,8-13,15-29H2,1-7H3,(H,43,44)/p-1/t32-,34+,35?,36?,37?,38?,40+,41-/m1/s1. The molecule has 0 aliphatic heterocycles. The van der Waals surface area contributed by atoms with E-state index in [1.165, 1.54) is 51.4 Å². The van der Waals surface area contributed by atoms with Gasteiger partial charge in [-0.15, -0.1) is 0 Å². The van der Waals surface area contributed by atoms with E-state index in [0.29, 0.717) is 44.9 Å². The predicted molar refractivity (Wildman–Crippen MR) is 198 cm³/mol. The van der Waals surface area contributed by atoms with Gasteiger partial charge in [-0.05, 0) is 104 Å². The highest BCUT2D eigenvalue weighted by Gasteiger charge is 2.59. The van der Waals surface area contributed by atoms with Crippen molar-refractivity contribution in [3.05, 3.63) is 11.6 Å². The summed E-state index contributed by atoms with van der Waals surface area (Å²) in [5.74, 6) is 4.97. The van der Waals surface area contributed by atoms with Crippen LogP contribution in [-0.2, 0) is 32.8 Å². The number of esters is 1. The first-order valence-corrected chi connectivity index (χ1v) is 22.0. The monoisotopic (exact) mass is 723 g/mol. The molecule has 0 radical (unpaired) electrons. The minimum Gasteiger partial charge on any atom is -0.778 e. The zero-order chi connectivity index (χ0) is 36.4. The molecule has 0 heterocycles. The number of carbonyl (C=O) groups is 1. The van der Waals surface area contributed by atoms with Crippen LogP contribution < -0.4 is 4.89 Å². The molecule has 0 aromatic carbocycles. The van der Waals surface area contributed by atoms with Gasteiger partial charge in [0.2, 0.25) is 0 Å². The maximum absolute atomic E-state index is 12.8. The molecular formula is C41H72O8P-. The van der Waals surface area contributed by atoms with E-state index in [1.54, 1.807) is 19.4 Å². The molecule has 3 fully saturated rings. The van der Waals surface area contributed by atoms with Crippen LogP contribution in [0.2, 0.25) is 0 Å². The third-order valence-electron chi connectivity index (χ3n) is 13.4. The summed E-state index contributed by atoms with van der Waals surface area (Å²) in [6, 6.07) is 0. The molecule has 4 aliphatic rings. The van der Waals surface area contributed by atoms with Crippen LogP contribution in [-0.4, -0.2) is 64.0 Å². The topological polar surface area (TPSA) is 103 Å². The van der Waals surface area contributed by atoms with Crippen molar-refractivity contribution in [2.75, 3.05) is 46.2 Å². The molecule has 9 atom stereocenters. The smallest absolute Gasteiger partial charge is 0.306 e. The largest absolute Gasteiger partial charge is 0.778 e. The minimum atomic E-state index is -3.79. The van der Waals surface area contributed by atoms with Gasteiger partial charge in [0.05, 0.1) is 39.6 Å². The van der Waals surface area contributed by atoms with Gasteiger partial charge in [0.25, 0.3) is 0 Å². The molecule has 4 rings (SSSR count). The summed E-state index contributed by atoms with van der Waals surface area (Å²) in [6.45, 7) is 18.2. The number of unbranched alkanes of at least 4 members (excludes halogenated alkanes) is 1. The summed E-state index contributed by atoms with van der Waals surface area (Å²) in [5, 5.41) is 0. The van der Waals surface area contributed by atoms with Crippen molar-refractivity contribution in [1.82, 2.24) is 0 Å². The van der Waals surface area contributed by atoms with E-state index in [4.69, 9.17) is 23.5 Å². The number of allylic oxidation sites excluding steroid dienone is 1. The average molecular weight is 724 g/mol. The molecule has 5 unspecified atom stereocenters. The molecule has 290 valence electrons. The average Bonchev–Trinajstić information content (AvgIpc) is 3.42. The second kappa shape index (κ2) is 19.5. The first-order chi connectivity index (χ1) is 23.8. The molecule has 3 saturated carbocycles. The Hall–Kier alpha value is -0.760. The van der Waals surface area contributed by atoms with Gasteiger partial charge in [0.15, 0.2) is 0 Å². The third-order valence-corrected chi connectivity index (χ3v) is 15.2. The van der Waals surface area contributed by atoms with Gasteiger partial charge in [-0.3, -0.25) is 4.79 Å². The maximum atomic E-state index is 12.8. The van der Waals surface area contributed by atoms with Crippen molar-refractivity contribution in [3.8, 4) is 0 Å². The number of fused-ring (bicyclic) bond motifs is 5. The Bertz CT molecular complexity index is 1120. The van der Waals surface area contributed by atoms with E-state index in [1.807, 2.05) is 0 Å². The van der Waals surface area contributed by atoms with Crippen LogP contribution in [0.3, 0.4) is 0 Å². The Labute approximate surface area is 305 Å². The van der Waals surface area contributed by atoms with Crippen LogP contribution in [0.5, 0.6) is 0 Å². The minimum absolute atomic E-state index is 0.0213. The Morgan fingerprint density at radius 3 is 2.20 bits per heavy atom. The first kappa shape index (κ1) is 42.0. The molecule has 0 N–H and O–H groups in total. The number of rotatable bonds is 22. The van der Waals surface area contributed by atoms with Gasteiger partial charge in [0.1, 0.15) is 13.7 Å². The summed E-state index contributed by atoms with van der Waals surface area (Å²) >= 11 is 0. The Morgan fingerprint density at radius 1 is 0.840 bits per heavy atom. The fraction of sp³-hybridized carbons (Fsp3) is 0.927. The van der Waals surface area contributed by atoms with Crippen molar-refractivity contribution in [2.45, 2.75) is 150 Å². The number of carbonyl (C=O) groups excluding carboxylic acids is 1. The summed E-state index contributed by atoms with van der Waals surface area (Å²) < 4.78 is 39.0. The lowest BCUT2D eigenvalue weighted by molar-refractivity contribution is -0.201. The molecule has 0 amide bonds. The molecule has 0 spiro atoms. The van der Waals surface area contributed by atoms with Crippen molar-refractivity contribution in [3.63, 3.8) is 0 Å². The molecule has 0 saturated heterocycles. The van der Waals surface area contributed by atoms with Gasteiger partial charge in [-0.25, -0.2) is 0 Å². The summed E-state index contributed by atoms with van der Waals surface area (Å²) in [5.41, 5.74) is 1.84. The molecule has 0 aromatic heterocycles. The highest BCUT2D eigenvalue weighted by molar-refractivity contribution is 7.52. The van der Waals surface area contributed by atoms with Gasteiger partial charge in [-0.1, -0.05) is 79.4 Å².